The molecular weight excluding hydrogens is 336 g/mol. The summed E-state index contributed by atoms with van der Waals surface area (Å²) in [5.74, 6) is -1.28. The Labute approximate surface area is 153 Å². The van der Waals surface area contributed by atoms with Gasteiger partial charge in [-0.1, -0.05) is 13.8 Å². The van der Waals surface area contributed by atoms with E-state index in [0.29, 0.717) is 12.2 Å². The van der Waals surface area contributed by atoms with Crippen LogP contribution in [0.15, 0.2) is 23.5 Å². The molecule has 6 heteroatoms. The van der Waals surface area contributed by atoms with E-state index in [0.717, 1.165) is 5.57 Å². The first kappa shape index (κ1) is 17.7. The Hall–Kier alpha value is -1.66. The van der Waals surface area contributed by atoms with Gasteiger partial charge in [-0.15, -0.1) is 0 Å². The first-order valence-corrected chi connectivity index (χ1v) is 9.17. The maximum absolute atomic E-state index is 13.0. The molecule has 142 valence electrons. The lowest BCUT2D eigenvalue weighted by Gasteiger charge is -2.41. The molecule has 0 unspecified atom stereocenters. The van der Waals surface area contributed by atoms with E-state index in [4.69, 9.17) is 18.9 Å². The van der Waals surface area contributed by atoms with Crippen molar-refractivity contribution < 1.29 is 28.5 Å². The van der Waals surface area contributed by atoms with Gasteiger partial charge in [0.1, 0.15) is 17.3 Å². The van der Waals surface area contributed by atoms with E-state index in [9.17, 15) is 9.59 Å². The second-order valence-electron chi connectivity index (χ2n) is 8.54. The second kappa shape index (κ2) is 5.20. The Morgan fingerprint density at radius 2 is 1.96 bits per heavy atom. The lowest BCUT2D eigenvalue weighted by Crippen LogP contribution is -2.54. The van der Waals surface area contributed by atoms with E-state index >= 15 is 0 Å². The predicted octanol–water partition coefficient (Wildman–Crippen LogP) is 2.52. The molecule has 0 aromatic heterocycles. The van der Waals surface area contributed by atoms with Gasteiger partial charge in [0, 0.05) is 31.4 Å². The maximum Gasteiger partial charge on any atom is 0.318 e. The van der Waals surface area contributed by atoms with Gasteiger partial charge in [0.05, 0.1) is 6.10 Å². The van der Waals surface area contributed by atoms with Crippen LogP contribution in [0.25, 0.3) is 0 Å². The molecule has 4 aliphatic heterocycles. The highest BCUT2D eigenvalue weighted by molar-refractivity contribution is 6.00. The first-order chi connectivity index (χ1) is 12.1. The molecule has 0 aromatic carbocycles. The molecule has 0 radical (unpaired) electrons. The molecule has 6 nitrogen and oxygen atoms in total. The third-order valence-corrected chi connectivity index (χ3v) is 6.71. The third kappa shape index (κ3) is 1.89. The monoisotopic (exact) mass is 362 g/mol. The van der Waals surface area contributed by atoms with E-state index in [-0.39, 0.29) is 23.6 Å². The minimum atomic E-state index is -1.11. The molecule has 2 saturated heterocycles. The molecule has 26 heavy (non-hydrogen) atoms. The van der Waals surface area contributed by atoms with Crippen molar-refractivity contribution in [1.29, 1.82) is 0 Å². The van der Waals surface area contributed by atoms with Crippen LogP contribution in [0, 0.1) is 17.3 Å². The summed E-state index contributed by atoms with van der Waals surface area (Å²) in [6.45, 7) is 9.47. The van der Waals surface area contributed by atoms with E-state index in [1.54, 1.807) is 14.0 Å². The number of hydrogen-bond acceptors (Lipinski definition) is 6. The molecule has 0 amide bonds. The van der Waals surface area contributed by atoms with Gasteiger partial charge in [-0.3, -0.25) is 9.59 Å². The van der Waals surface area contributed by atoms with Gasteiger partial charge in [-0.25, -0.2) is 0 Å². The van der Waals surface area contributed by atoms with Crippen LogP contribution in [-0.4, -0.2) is 42.5 Å². The Bertz CT molecular complexity index is 751. The van der Waals surface area contributed by atoms with E-state index < -0.39 is 29.0 Å². The van der Waals surface area contributed by atoms with Gasteiger partial charge in [-0.05, 0) is 32.4 Å². The fourth-order valence-corrected chi connectivity index (χ4v) is 5.34. The molecule has 6 atom stereocenters. The summed E-state index contributed by atoms with van der Waals surface area (Å²) in [7, 11) is 1.57. The van der Waals surface area contributed by atoms with Crippen molar-refractivity contribution in [3.05, 3.63) is 23.5 Å². The van der Waals surface area contributed by atoms with Crippen LogP contribution >= 0.6 is 0 Å². The topological polar surface area (TPSA) is 71.1 Å². The molecule has 0 N–H and O–H groups in total. The SMILES string of the molecule is CO[C@]1(C(C)C)O[C@H]2C[C@@]3(C)OC(=CC3=O)/C(C)=C\[C@H]3OC(=O)[C@@]1(C)[C@H]23. The highest BCUT2D eigenvalue weighted by Crippen LogP contribution is 2.62. The highest BCUT2D eigenvalue weighted by Gasteiger charge is 2.75. The zero-order valence-electron chi connectivity index (χ0n) is 16.1. The van der Waals surface area contributed by atoms with Crippen LogP contribution in [0.1, 0.15) is 41.0 Å². The van der Waals surface area contributed by atoms with Gasteiger partial charge in [0.15, 0.2) is 11.4 Å². The highest BCUT2D eigenvalue weighted by atomic mass is 16.7. The largest absolute Gasteiger partial charge is 0.479 e. The van der Waals surface area contributed by atoms with Crippen molar-refractivity contribution in [2.45, 2.75) is 64.6 Å². The van der Waals surface area contributed by atoms with Crippen LogP contribution in [0.3, 0.4) is 0 Å². The van der Waals surface area contributed by atoms with Gasteiger partial charge < -0.3 is 18.9 Å². The maximum atomic E-state index is 13.0. The van der Waals surface area contributed by atoms with Crippen LogP contribution in [0.5, 0.6) is 0 Å². The van der Waals surface area contributed by atoms with E-state index in [2.05, 4.69) is 0 Å². The molecule has 0 saturated carbocycles. The van der Waals surface area contributed by atoms with Crippen molar-refractivity contribution in [2.24, 2.45) is 17.3 Å². The van der Waals surface area contributed by atoms with Crippen molar-refractivity contribution in [3.63, 3.8) is 0 Å². The molecule has 4 heterocycles. The van der Waals surface area contributed by atoms with Gasteiger partial charge in [0.25, 0.3) is 0 Å². The summed E-state index contributed by atoms with van der Waals surface area (Å²) in [5.41, 5.74) is -1.17. The summed E-state index contributed by atoms with van der Waals surface area (Å²) in [6.07, 6.45) is 2.92. The Balaban J connectivity index is 1.90. The summed E-state index contributed by atoms with van der Waals surface area (Å²) < 4.78 is 24.1. The zero-order chi connectivity index (χ0) is 19.1. The average Bonchev–Trinajstić information content (AvgIpc) is 3.09. The molecule has 2 fully saturated rings. The van der Waals surface area contributed by atoms with Crippen LogP contribution < -0.4 is 0 Å². The van der Waals surface area contributed by atoms with Crippen molar-refractivity contribution in [1.82, 2.24) is 0 Å². The lowest BCUT2D eigenvalue weighted by atomic mass is 9.66. The molecule has 4 rings (SSSR count). The van der Waals surface area contributed by atoms with E-state index in [1.165, 1.54) is 6.08 Å². The lowest BCUT2D eigenvalue weighted by molar-refractivity contribution is -0.278. The number of methoxy groups -OCH3 is 1. The number of ether oxygens (including phenoxy) is 4. The summed E-state index contributed by atoms with van der Waals surface area (Å²) in [4.78, 5) is 25.6. The smallest absolute Gasteiger partial charge is 0.318 e. The van der Waals surface area contributed by atoms with Crippen molar-refractivity contribution >= 4 is 11.8 Å². The number of fused-ring (bicyclic) bond motifs is 2. The molecule has 4 aliphatic rings. The number of carbonyl (C=O) groups is 2. The minimum absolute atomic E-state index is 0.0753. The zero-order valence-corrected chi connectivity index (χ0v) is 16.1. The average molecular weight is 362 g/mol. The van der Waals surface area contributed by atoms with Crippen molar-refractivity contribution in [2.75, 3.05) is 7.11 Å². The number of rotatable bonds is 2. The molecular formula is C20H26O6. The van der Waals surface area contributed by atoms with Gasteiger partial charge in [-0.2, -0.15) is 0 Å². The molecule has 0 aromatic rings. The fraction of sp³-hybridized carbons (Fsp3) is 0.700. The summed E-state index contributed by atoms with van der Waals surface area (Å²) in [6, 6.07) is 0. The fourth-order valence-electron chi connectivity index (χ4n) is 5.34. The third-order valence-electron chi connectivity index (χ3n) is 6.71. The summed E-state index contributed by atoms with van der Waals surface area (Å²) >= 11 is 0. The van der Waals surface area contributed by atoms with Crippen LogP contribution in [0.4, 0.5) is 0 Å². The second-order valence-corrected chi connectivity index (χ2v) is 8.54. The van der Waals surface area contributed by atoms with Crippen molar-refractivity contribution in [3.8, 4) is 0 Å². The number of allylic oxidation sites excluding steroid dienone is 1. The number of hydrogen-bond donors (Lipinski definition) is 0. The van der Waals surface area contributed by atoms with Gasteiger partial charge >= 0.3 is 5.97 Å². The Morgan fingerprint density at radius 1 is 1.27 bits per heavy atom. The molecule has 0 aliphatic carbocycles. The first-order valence-electron chi connectivity index (χ1n) is 9.17. The molecule has 2 bridgehead atoms. The quantitative estimate of drug-likeness (QED) is 0.703. The Kier molecular flexibility index (Phi) is 3.55. The number of ketones is 1. The van der Waals surface area contributed by atoms with E-state index in [1.807, 2.05) is 33.8 Å². The minimum Gasteiger partial charge on any atom is -0.479 e. The standard InChI is InChI=1S/C20H26O6/c1-10(2)20(23-6)19(5)16-13(24-17(19)22)7-11(3)12-8-15(21)18(4,25-12)9-14(16)26-20/h7-8,10,13-14,16H,9H2,1-6H3/b11-7-/t13-,14+,16+,18-,19-,20-/m1/s1. The number of carbonyl (C=O) groups excluding carboxylic acids is 2. The van der Waals surface area contributed by atoms with Crippen LogP contribution in [-0.2, 0) is 28.5 Å². The normalized spacial score (nSPS) is 48.8. The molecule has 0 spiro atoms. The predicted molar refractivity (Wildman–Crippen MR) is 91.9 cm³/mol. The van der Waals surface area contributed by atoms with Crippen LogP contribution in [0.2, 0.25) is 0 Å². The summed E-state index contributed by atoms with van der Waals surface area (Å²) in [5, 5.41) is 0. The Morgan fingerprint density at radius 3 is 2.58 bits per heavy atom. The number of esters is 1. The van der Waals surface area contributed by atoms with Gasteiger partial charge in [0.2, 0.25) is 5.78 Å².